The van der Waals surface area contributed by atoms with Crippen LogP contribution in [-0.4, -0.2) is 27.3 Å². The van der Waals surface area contributed by atoms with Gasteiger partial charge in [-0.15, -0.1) is 0 Å². The Morgan fingerprint density at radius 3 is 2.18 bits per heavy atom. The average Bonchev–Trinajstić information content (AvgIpc) is 2.87. The Bertz CT molecular complexity index is 1040. The topological polar surface area (TPSA) is 58.2 Å². The first kappa shape index (κ1) is 32.5. The lowest BCUT2D eigenvalue weighted by Crippen LogP contribution is -2.49. The van der Waals surface area contributed by atoms with Crippen LogP contribution in [0.25, 0.3) is 0 Å². The minimum atomic E-state index is -3.13. The fourth-order valence-electron chi connectivity index (χ4n) is 5.36. The van der Waals surface area contributed by atoms with Crippen LogP contribution in [0.3, 0.4) is 0 Å². The molecular weight excluding hydrogens is 488 g/mol. The van der Waals surface area contributed by atoms with Crippen molar-refractivity contribution in [2.75, 3.05) is 18.8 Å². The van der Waals surface area contributed by atoms with Gasteiger partial charge < -0.3 is 5.32 Å². The average molecular weight is 543 g/mol. The molecule has 1 aliphatic carbocycles. The number of unbranched alkanes of at least 4 members (excludes halogenated alkanes) is 1. The highest BCUT2D eigenvalue weighted by Crippen LogP contribution is 2.53. The summed E-state index contributed by atoms with van der Waals surface area (Å²) in [5.74, 6) is 0.233. The van der Waals surface area contributed by atoms with Crippen molar-refractivity contribution in [1.82, 2.24) is 10.0 Å². The monoisotopic (exact) mass is 542 g/mol. The van der Waals surface area contributed by atoms with Crippen molar-refractivity contribution in [3.8, 4) is 0 Å². The molecule has 214 valence electrons. The van der Waals surface area contributed by atoms with Crippen molar-refractivity contribution >= 4 is 10.0 Å². The standard InChI is InChI=1S/C27H38N2O2S.2C3H8/c1-3-4-19-32(30,31)29-17-5-7-22-10-11-23-14-18-28-26(25(23)20-22)27(15-6-16-27)24-12-8-21(2)9-13-24;2*1-3-2/h8-13,20,26,28-29H,3-7,14-19H2,1-2H3;2*3H2,1-2H3. The smallest absolute Gasteiger partial charge is 0.211 e. The second-order valence-corrected chi connectivity index (χ2v) is 13.1. The first-order chi connectivity index (χ1) is 18.3. The molecule has 4 nitrogen and oxygen atoms in total. The zero-order chi connectivity index (χ0) is 28.0. The van der Waals surface area contributed by atoms with Crippen molar-refractivity contribution in [1.29, 1.82) is 0 Å². The van der Waals surface area contributed by atoms with Crippen molar-refractivity contribution in [2.45, 2.75) is 117 Å². The fraction of sp³-hybridized carbons (Fsp3) is 0.636. The summed E-state index contributed by atoms with van der Waals surface area (Å²) in [6.45, 7) is 14.2. The Kier molecular flexibility index (Phi) is 14.1. The Morgan fingerprint density at radius 2 is 1.61 bits per heavy atom. The van der Waals surface area contributed by atoms with E-state index < -0.39 is 10.0 Å². The zero-order valence-electron chi connectivity index (χ0n) is 25.0. The third kappa shape index (κ3) is 9.20. The Hall–Kier alpha value is -1.69. The van der Waals surface area contributed by atoms with Crippen LogP contribution in [0.4, 0.5) is 0 Å². The van der Waals surface area contributed by atoms with Gasteiger partial charge in [0.15, 0.2) is 0 Å². The Balaban J connectivity index is 0.000000773. The van der Waals surface area contributed by atoms with E-state index in [1.807, 2.05) is 6.92 Å². The maximum atomic E-state index is 12.0. The van der Waals surface area contributed by atoms with Gasteiger partial charge in [-0.25, -0.2) is 13.1 Å². The minimum absolute atomic E-state index is 0.191. The van der Waals surface area contributed by atoms with Crippen molar-refractivity contribution in [2.24, 2.45) is 0 Å². The SMILES string of the molecule is CCC.CCC.CCCCS(=O)(=O)NCCCc1ccc2c(c1)C(C1(c3ccc(C)cc3)CCC1)NCC2. The first-order valence-electron chi connectivity index (χ1n) is 15.2. The maximum Gasteiger partial charge on any atom is 0.211 e. The normalized spacial score (nSPS) is 17.7. The molecule has 2 aliphatic rings. The van der Waals surface area contributed by atoms with E-state index >= 15 is 0 Å². The molecule has 0 bridgehead atoms. The van der Waals surface area contributed by atoms with Gasteiger partial charge in [-0.1, -0.05) is 108 Å². The molecule has 1 aliphatic heterocycles. The first-order valence-corrected chi connectivity index (χ1v) is 16.8. The van der Waals surface area contributed by atoms with Gasteiger partial charge in [-0.2, -0.15) is 0 Å². The van der Waals surface area contributed by atoms with Crippen LogP contribution in [0.5, 0.6) is 0 Å². The lowest BCUT2D eigenvalue weighted by molar-refractivity contribution is 0.164. The quantitative estimate of drug-likeness (QED) is 0.301. The summed E-state index contributed by atoms with van der Waals surface area (Å²) in [7, 11) is -3.13. The molecule has 1 heterocycles. The number of hydrogen-bond acceptors (Lipinski definition) is 3. The molecule has 0 spiro atoms. The highest BCUT2D eigenvalue weighted by molar-refractivity contribution is 7.89. The van der Waals surface area contributed by atoms with Gasteiger partial charge in [0.2, 0.25) is 10.0 Å². The largest absolute Gasteiger partial charge is 0.309 e. The van der Waals surface area contributed by atoms with E-state index in [2.05, 4.69) is 87.1 Å². The van der Waals surface area contributed by atoms with E-state index in [-0.39, 0.29) is 11.2 Å². The lowest BCUT2D eigenvalue weighted by atomic mass is 9.57. The van der Waals surface area contributed by atoms with Gasteiger partial charge in [0.05, 0.1) is 5.75 Å². The van der Waals surface area contributed by atoms with Crippen LogP contribution in [0.2, 0.25) is 0 Å². The van der Waals surface area contributed by atoms with Crippen LogP contribution in [-0.2, 0) is 28.3 Å². The molecule has 1 saturated carbocycles. The number of sulfonamides is 1. The van der Waals surface area contributed by atoms with E-state index in [1.54, 1.807) is 0 Å². The van der Waals surface area contributed by atoms with Crippen LogP contribution < -0.4 is 10.0 Å². The molecule has 0 saturated heterocycles. The summed E-state index contributed by atoms with van der Waals surface area (Å²) in [6, 6.07) is 16.5. The molecule has 2 N–H and O–H groups in total. The maximum absolute atomic E-state index is 12.0. The second-order valence-electron chi connectivity index (χ2n) is 11.1. The summed E-state index contributed by atoms with van der Waals surface area (Å²) < 4.78 is 26.8. The van der Waals surface area contributed by atoms with Crippen LogP contribution in [0.1, 0.15) is 120 Å². The molecule has 0 radical (unpaired) electrons. The van der Waals surface area contributed by atoms with Gasteiger partial charge in [0.1, 0.15) is 0 Å². The molecular formula is C33H54N2O2S. The number of rotatable bonds is 10. The highest BCUT2D eigenvalue weighted by Gasteiger charge is 2.47. The summed E-state index contributed by atoms with van der Waals surface area (Å²) in [5.41, 5.74) is 7.20. The number of hydrogen-bond donors (Lipinski definition) is 2. The van der Waals surface area contributed by atoms with Crippen LogP contribution in [0.15, 0.2) is 42.5 Å². The lowest BCUT2D eigenvalue weighted by Gasteiger charge is -2.50. The molecule has 1 unspecified atom stereocenters. The Morgan fingerprint density at radius 1 is 0.947 bits per heavy atom. The van der Waals surface area contributed by atoms with Gasteiger partial charge in [0.25, 0.3) is 0 Å². The summed E-state index contributed by atoms with van der Waals surface area (Å²) in [5, 5.41) is 3.87. The molecule has 2 aromatic rings. The van der Waals surface area contributed by atoms with Crippen LogP contribution in [0, 0.1) is 6.92 Å². The highest BCUT2D eigenvalue weighted by atomic mass is 32.2. The van der Waals surface area contributed by atoms with Crippen molar-refractivity contribution in [3.63, 3.8) is 0 Å². The number of fused-ring (bicyclic) bond motifs is 1. The molecule has 2 aromatic carbocycles. The molecule has 4 rings (SSSR count). The van der Waals surface area contributed by atoms with E-state index in [9.17, 15) is 8.42 Å². The van der Waals surface area contributed by atoms with E-state index in [4.69, 9.17) is 0 Å². The molecule has 1 fully saturated rings. The number of aryl methyl sites for hydroxylation is 2. The van der Waals surface area contributed by atoms with Gasteiger partial charge in [-0.3, -0.25) is 0 Å². The van der Waals surface area contributed by atoms with Crippen LogP contribution >= 0.6 is 0 Å². The predicted octanol–water partition coefficient (Wildman–Crippen LogP) is 7.79. The Labute approximate surface area is 234 Å². The third-order valence-electron chi connectivity index (χ3n) is 7.42. The molecule has 1 atom stereocenters. The molecule has 0 aromatic heterocycles. The molecule has 0 amide bonds. The van der Waals surface area contributed by atoms with Gasteiger partial charge in [-0.05, 0) is 74.2 Å². The minimum Gasteiger partial charge on any atom is -0.309 e. The number of benzene rings is 2. The summed E-state index contributed by atoms with van der Waals surface area (Å²) in [6.07, 6.45) is 10.7. The van der Waals surface area contributed by atoms with E-state index in [0.29, 0.717) is 12.6 Å². The zero-order valence-corrected chi connectivity index (χ0v) is 25.9. The van der Waals surface area contributed by atoms with Gasteiger partial charge in [0, 0.05) is 18.0 Å². The molecule has 5 heteroatoms. The predicted molar refractivity (Wildman–Crippen MR) is 165 cm³/mol. The third-order valence-corrected chi connectivity index (χ3v) is 8.89. The summed E-state index contributed by atoms with van der Waals surface area (Å²) in [4.78, 5) is 0. The second kappa shape index (κ2) is 16.4. The van der Waals surface area contributed by atoms with E-state index in [0.717, 1.165) is 38.6 Å². The van der Waals surface area contributed by atoms with Gasteiger partial charge >= 0.3 is 0 Å². The summed E-state index contributed by atoms with van der Waals surface area (Å²) >= 11 is 0. The van der Waals surface area contributed by atoms with Crippen molar-refractivity contribution in [3.05, 3.63) is 70.3 Å². The van der Waals surface area contributed by atoms with Crippen molar-refractivity contribution < 1.29 is 8.42 Å². The molecule has 38 heavy (non-hydrogen) atoms. The van der Waals surface area contributed by atoms with E-state index in [1.165, 1.54) is 59.9 Å². The fourth-order valence-corrected chi connectivity index (χ4v) is 6.63. The number of nitrogens with one attached hydrogen (secondary N) is 2.